The van der Waals surface area contributed by atoms with Crippen molar-refractivity contribution in [3.05, 3.63) is 34.3 Å². The van der Waals surface area contributed by atoms with Gasteiger partial charge in [-0.05, 0) is 57.4 Å². The SMILES string of the molecule is Cc1cc(Cl)cc(C2CCN(C(=O)OC(C)(C)C)C2)c1. The van der Waals surface area contributed by atoms with E-state index in [1.54, 1.807) is 4.90 Å². The minimum absolute atomic E-state index is 0.223. The first-order valence-corrected chi connectivity index (χ1v) is 7.37. The van der Waals surface area contributed by atoms with Crippen molar-refractivity contribution in [2.45, 2.75) is 45.6 Å². The number of likely N-dealkylation sites (tertiary alicyclic amines) is 1. The first-order valence-electron chi connectivity index (χ1n) is 6.99. The predicted octanol–water partition coefficient (Wildman–Crippen LogP) is 4.37. The average Bonchev–Trinajstić information content (AvgIpc) is 2.74. The maximum atomic E-state index is 12.0. The van der Waals surface area contributed by atoms with Crippen molar-refractivity contribution in [1.29, 1.82) is 0 Å². The molecule has 1 aliphatic rings. The van der Waals surface area contributed by atoms with Gasteiger partial charge in [0.2, 0.25) is 0 Å². The molecule has 4 heteroatoms. The van der Waals surface area contributed by atoms with Gasteiger partial charge < -0.3 is 9.64 Å². The molecule has 20 heavy (non-hydrogen) atoms. The predicted molar refractivity (Wildman–Crippen MR) is 81.4 cm³/mol. The smallest absolute Gasteiger partial charge is 0.410 e. The quantitative estimate of drug-likeness (QED) is 0.770. The second kappa shape index (κ2) is 5.65. The summed E-state index contributed by atoms with van der Waals surface area (Å²) in [6.07, 6.45) is 0.734. The van der Waals surface area contributed by atoms with Gasteiger partial charge in [0.05, 0.1) is 0 Å². The normalized spacial score (nSPS) is 19.2. The Bertz CT molecular complexity index is 487. The molecule has 1 unspecified atom stereocenters. The number of benzene rings is 1. The molecule has 3 nitrogen and oxygen atoms in total. The molecule has 1 fully saturated rings. The summed E-state index contributed by atoms with van der Waals surface area (Å²) in [5.74, 6) is 0.347. The third-order valence-electron chi connectivity index (χ3n) is 3.38. The lowest BCUT2D eigenvalue weighted by Gasteiger charge is -2.24. The molecule has 0 saturated carbocycles. The van der Waals surface area contributed by atoms with Crippen LogP contribution in [0.15, 0.2) is 18.2 Å². The zero-order valence-electron chi connectivity index (χ0n) is 12.6. The standard InChI is InChI=1S/C16H22ClNO2/c1-11-7-13(9-14(17)8-11)12-5-6-18(10-12)15(19)20-16(2,3)4/h7-9,12H,5-6,10H2,1-4H3. The Morgan fingerprint density at radius 2 is 2.05 bits per heavy atom. The summed E-state index contributed by atoms with van der Waals surface area (Å²) in [4.78, 5) is 13.8. The topological polar surface area (TPSA) is 29.5 Å². The van der Waals surface area contributed by atoms with E-state index >= 15 is 0 Å². The summed E-state index contributed by atoms with van der Waals surface area (Å²) in [5.41, 5.74) is 1.92. The fourth-order valence-corrected chi connectivity index (χ4v) is 2.82. The number of hydrogen-bond donors (Lipinski definition) is 0. The van der Waals surface area contributed by atoms with Crippen LogP contribution in [0.3, 0.4) is 0 Å². The molecule has 1 saturated heterocycles. The number of carbonyl (C=O) groups excluding carboxylic acids is 1. The molecule has 0 aromatic heterocycles. The number of halogens is 1. The van der Waals surface area contributed by atoms with Crippen molar-refractivity contribution in [2.75, 3.05) is 13.1 Å². The van der Waals surface area contributed by atoms with Crippen molar-refractivity contribution >= 4 is 17.7 Å². The molecule has 1 aliphatic heterocycles. The minimum Gasteiger partial charge on any atom is -0.444 e. The van der Waals surface area contributed by atoms with E-state index in [0.29, 0.717) is 12.5 Å². The number of ether oxygens (including phenoxy) is 1. The van der Waals surface area contributed by atoms with Gasteiger partial charge in [0, 0.05) is 24.0 Å². The van der Waals surface area contributed by atoms with Crippen LogP contribution in [0.1, 0.15) is 44.2 Å². The Kier molecular flexibility index (Phi) is 4.28. The number of nitrogens with zero attached hydrogens (tertiary/aromatic N) is 1. The van der Waals surface area contributed by atoms with E-state index in [2.05, 4.69) is 6.07 Å². The van der Waals surface area contributed by atoms with Gasteiger partial charge in [-0.3, -0.25) is 0 Å². The monoisotopic (exact) mass is 295 g/mol. The molecule has 0 spiro atoms. The zero-order valence-corrected chi connectivity index (χ0v) is 13.3. The fraction of sp³-hybridized carbons (Fsp3) is 0.562. The summed E-state index contributed by atoms with van der Waals surface area (Å²) in [6, 6.07) is 6.10. The lowest BCUT2D eigenvalue weighted by Crippen LogP contribution is -2.35. The van der Waals surface area contributed by atoms with Crippen LogP contribution in [0.2, 0.25) is 5.02 Å². The van der Waals surface area contributed by atoms with E-state index in [4.69, 9.17) is 16.3 Å². The summed E-state index contributed by atoms with van der Waals surface area (Å²) >= 11 is 6.11. The summed E-state index contributed by atoms with van der Waals surface area (Å²) in [6.45, 7) is 9.14. The fourth-order valence-electron chi connectivity index (χ4n) is 2.52. The molecule has 0 N–H and O–H groups in total. The van der Waals surface area contributed by atoms with Crippen LogP contribution in [0, 0.1) is 6.92 Å². The summed E-state index contributed by atoms with van der Waals surface area (Å²) in [7, 11) is 0. The van der Waals surface area contributed by atoms with Crippen LogP contribution < -0.4 is 0 Å². The van der Waals surface area contributed by atoms with Crippen molar-refractivity contribution in [3.8, 4) is 0 Å². The second-order valence-corrected chi connectivity index (χ2v) is 6.91. The van der Waals surface area contributed by atoms with Crippen LogP contribution >= 0.6 is 11.6 Å². The van der Waals surface area contributed by atoms with Crippen molar-refractivity contribution in [3.63, 3.8) is 0 Å². The number of hydrogen-bond acceptors (Lipinski definition) is 2. The Labute approximate surface area is 125 Å². The van der Waals surface area contributed by atoms with E-state index in [1.807, 2.05) is 39.8 Å². The molecule has 110 valence electrons. The molecule has 0 aliphatic carbocycles. The molecule has 2 rings (SSSR count). The van der Waals surface area contributed by atoms with E-state index in [1.165, 1.54) is 5.56 Å². The first-order chi connectivity index (χ1) is 9.24. The Morgan fingerprint density at radius 3 is 2.65 bits per heavy atom. The third kappa shape index (κ3) is 3.89. The highest BCUT2D eigenvalue weighted by Crippen LogP contribution is 2.30. The zero-order chi connectivity index (χ0) is 14.9. The van der Waals surface area contributed by atoms with Gasteiger partial charge in [-0.15, -0.1) is 0 Å². The van der Waals surface area contributed by atoms with Crippen molar-refractivity contribution in [1.82, 2.24) is 4.90 Å². The molecule has 1 aromatic carbocycles. The highest BCUT2D eigenvalue weighted by molar-refractivity contribution is 6.30. The van der Waals surface area contributed by atoms with Gasteiger partial charge in [-0.1, -0.05) is 17.7 Å². The van der Waals surface area contributed by atoms with Crippen molar-refractivity contribution in [2.24, 2.45) is 0 Å². The van der Waals surface area contributed by atoms with E-state index in [9.17, 15) is 4.79 Å². The van der Waals surface area contributed by atoms with E-state index in [-0.39, 0.29) is 6.09 Å². The molecule has 0 radical (unpaired) electrons. The summed E-state index contributed by atoms with van der Waals surface area (Å²) in [5, 5.41) is 0.760. The number of amides is 1. The van der Waals surface area contributed by atoms with Gasteiger partial charge in [-0.2, -0.15) is 0 Å². The van der Waals surface area contributed by atoms with E-state index < -0.39 is 5.60 Å². The summed E-state index contributed by atoms with van der Waals surface area (Å²) < 4.78 is 5.41. The van der Waals surface area contributed by atoms with Crippen LogP contribution in [-0.2, 0) is 4.74 Å². The number of carbonyl (C=O) groups is 1. The first kappa shape index (κ1) is 15.2. The van der Waals surface area contributed by atoms with Crippen LogP contribution in [0.25, 0.3) is 0 Å². The molecule has 1 aromatic rings. The highest BCUT2D eigenvalue weighted by atomic mass is 35.5. The van der Waals surface area contributed by atoms with E-state index in [0.717, 1.165) is 23.6 Å². The minimum atomic E-state index is -0.443. The molecule has 1 atom stereocenters. The highest BCUT2D eigenvalue weighted by Gasteiger charge is 2.30. The van der Waals surface area contributed by atoms with Gasteiger partial charge in [0.15, 0.2) is 0 Å². The average molecular weight is 296 g/mol. The maximum Gasteiger partial charge on any atom is 0.410 e. The Balaban J connectivity index is 2.03. The van der Waals surface area contributed by atoms with Gasteiger partial charge in [-0.25, -0.2) is 4.79 Å². The Morgan fingerprint density at radius 1 is 1.35 bits per heavy atom. The molecular weight excluding hydrogens is 274 g/mol. The largest absolute Gasteiger partial charge is 0.444 e. The maximum absolute atomic E-state index is 12.0. The molecule has 1 heterocycles. The lowest BCUT2D eigenvalue weighted by atomic mass is 9.97. The lowest BCUT2D eigenvalue weighted by molar-refractivity contribution is 0.0292. The Hall–Kier alpha value is -1.22. The molecular formula is C16H22ClNO2. The van der Waals surface area contributed by atoms with Gasteiger partial charge in [0.25, 0.3) is 0 Å². The van der Waals surface area contributed by atoms with Gasteiger partial charge in [0.1, 0.15) is 5.60 Å². The van der Waals surface area contributed by atoms with Gasteiger partial charge >= 0.3 is 6.09 Å². The van der Waals surface area contributed by atoms with Crippen LogP contribution in [-0.4, -0.2) is 29.7 Å². The second-order valence-electron chi connectivity index (χ2n) is 6.47. The molecule has 1 amide bonds. The number of aryl methyl sites for hydroxylation is 1. The van der Waals surface area contributed by atoms with Crippen LogP contribution in [0.5, 0.6) is 0 Å². The molecule has 0 bridgehead atoms. The van der Waals surface area contributed by atoms with Crippen LogP contribution in [0.4, 0.5) is 4.79 Å². The van der Waals surface area contributed by atoms with Crippen molar-refractivity contribution < 1.29 is 9.53 Å². The third-order valence-corrected chi connectivity index (χ3v) is 3.59. The number of rotatable bonds is 1.